The Kier molecular flexibility index (Phi) is 13.0. The second-order valence-electron chi connectivity index (χ2n) is 18.1. The molecule has 5 aromatic rings. The van der Waals surface area contributed by atoms with Gasteiger partial charge in [-0.15, -0.1) is 17.7 Å². The van der Waals surface area contributed by atoms with Crippen molar-refractivity contribution in [3.05, 3.63) is 88.3 Å². The third-order valence-electron chi connectivity index (χ3n) is 11.0. The molecule has 0 amide bonds. The summed E-state index contributed by atoms with van der Waals surface area (Å²) in [5.41, 5.74) is 10.6. The van der Waals surface area contributed by atoms with Crippen molar-refractivity contribution in [3.63, 3.8) is 0 Å². The number of nitrogens with zero attached hydrogens (tertiary/aromatic N) is 1. The first-order valence-electron chi connectivity index (χ1n) is 19.6. The molecule has 2 aromatic heterocycles. The molecular formula is C48H62IrNO3-. The standard InChI is InChI=1S/C35H38NO.C13H24O2.Ir/c1-20-10-11-23-19-36-30-24-14-12-21(17-33(2,3)4)31-27(24)28-26(35(8,9)29(30)25(23)16-20)15-13-22(32(28)37-31)18-34(5,6)7;1-5-10(6-2)12(14)9-13(15)11(7-3)8-4;/h10-13,15-16,19H,17-18H2,1-9H3;9-11,14H,5-8H2,1-4H3;/q-1;;/b;12-9-;. The van der Waals surface area contributed by atoms with Crippen molar-refractivity contribution in [2.24, 2.45) is 22.7 Å². The maximum atomic E-state index is 11.7. The number of ketones is 1. The van der Waals surface area contributed by atoms with Gasteiger partial charge >= 0.3 is 0 Å². The molecule has 2 heterocycles. The molecular weight excluding hydrogens is 831 g/mol. The second-order valence-corrected chi connectivity index (χ2v) is 18.1. The van der Waals surface area contributed by atoms with E-state index in [2.05, 4.69) is 105 Å². The summed E-state index contributed by atoms with van der Waals surface area (Å²) in [7, 11) is 0. The summed E-state index contributed by atoms with van der Waals surface area (Å²) in [6.07, 6.45) is 8.84. The molecule has 0 atom stereocenters. The van der Waals surface area contributed by atoms with E-state index >= 15 is 0 Å². The van der Waals surface area contributed by atoms with Crippen LogP contribution in [0.1, 0.15) is 137 Å². The third-order valence-corrected chi connectivity index (χ3v) is 11.0. The molecule has 0 fully saturated rings. The summed E-state index contributed by atoms with van der Waals surface area (Å²) in [5, 5.41) is 14.7. The number of aliphatic hydroxyl groups excluding tert-OH is 1. The number of pyridine rings is 1. The van der Waals surface area contributed by atoms with Crippen molar-refractivity contribution in [3.8, 4) is 11.3 Å². The van der Waals surface area contributed by atoms with Gasteiger partial charge in [0.15, 0.2) is 5.78 Å². The number of carbonyl (C=O) groups excluding carboxylic acids is 1. The zero-order valence-electron chi connectivity index (χ0n) is 34.6. The number of aromatic nitrogens is 1. The van der Waals surface area contributed by atoms with Gasteiger partial charge in [-0.25, -0.2) is 0 Å². The van der Waals surface area contributed by atoms with Crippen LogP contribution in [-0.4, -0.2) is 15.9 Å². The topological polar surface area (TPSA) is 63.3 Å². The van der Waals surface area contributed by atoms with Crippen LogP contribution in [0, 0.1) is 35.7 Å². The van der Waals surface area contributed by atoms with Crippen molar-refractivity contribution in [1.29, 1.82) is 0 Å². The van der Waals surface area contributed by atoms with E-state index in [1.807, 2.05) is 33.9 Å². The largest absolute Gasteiger partial charge is 0.512 e. The van der Waals surface area contributed by atoms with Gasteiger partial charge in [0.25, 0.3) is 0 Å². The molecule has 0 saturated heterocycles. The second kappa shape index (κ2) is 16.2. The molecule has 1 aliphatic rings. The van der Waals surface area contributed by atoms with Crippen LogP contribution in [0.25, 0.3) is 44.0 Å². The number of hydrogen-bond donors (Lipinski definition) is 1. The van der Waals surface area contributed by atoms with E-state index in [0.29, 0.717) is 0 Å². The summed E-state index contributed by atoms with van der Waals surface area (Å²) < 4.78 is 6.93. The van der Waals surface area contributed by atoms with Gasteiger partial charge in [0, 0.05) is 49.6 Å². The average molecular weight is 893 g/mol. The van der Waals surface area contributed by atoms with E-state index in [-0.39, 0.29) is 59.7 Å². The Labute approximate surface area is 332 Å². The number of aryl methyl sites for hydroxylation is 1. The number of hydrogen-bond acceptors (Lipinski definition) is 4. The van der Waals surface area contributed by atoms with E-state index in [9.17, 15) is 9.90 Å². The van der Waals surface area contributed by atoms with E-state index in [1.165, 1.54) is 55.4 Å². The molecule has 4 nitrogen and oxygen atoms in total. The van der Waals surface area contributed by atoms with Crippen LogP contribution in [0.5, 0.6) is 0 Å². The predicted molar refractivity (Wildman–Crippen MR) is 220 cm³/mol. The summed E-state index contributed by atoms with van der Waals surface area (Å²) in [5.74, 6) is 0.547. The third kappa shape index (κ3) is 8.68. The smallest absolute Gasteiger partial charge is 0.162 e. The first-order valence-corrected chi connectivity index (χ1v) is 19.6. The Morgan fingerprint density at radius 3 is 2.04 bits per heavy atom. The Hall–Kier alpha value is -3.27. The first kappa shape index (κ1) is 42.5. The van der Waals surface area contributed by atoms with Crippen LogP contribution >= 0.6 is 0 Å². The predicted octanol–water partition coefficient (Wildman–Crippen LogP) is 13.6. The average Bonchev–Trinajstić information content (AvgIpc) is 3.43. The van der Waals surface area contributed by atoms with Crippen LogP contribution in [0.3, 0.4) is 0 Å². The van der Waals surface area contributed by atoms with Crippen LogP contribution < -0.4 is 0 Å². The SMILES string of the molecule is CCC(CC)C(=O)/C=C(\O)C(CC)CC.Cc1ccc2cnc3c(c2c1)C(C)(C)c1ccc(CC(C)(C)C)c2oc4c(CC(C)(C)C)c[c-]c-3c4c12.[Ir]. The Bertz CT molecular complexity index is 2130. The normalized spacial score (nSPS) is 14.1. The molecule has 1 aliphatic carbocycles. The van der Waals surface area contributed by atoms with E-state index in [1.54, 1.807) is 0 Å². The monoisotopic (exact) mass is 893 g/mol. The molecule has 6 rings (SSSR count). The molecule has 287 valence electrons. The molecule has 0 unspecified atom stereocenters. The van der Waals surface area contributed by atoms with Gasteiger partial charge in [-0.2, -0.15) is 0 Å². The fourth-order valence-electron chi connectivity index (χ4n) is 8.20. The van der Waals surface area contributed by atoms with Crippen molar-refractivity contribution < 1.29 is 34.4 Å². The van der Waals surface area contributed by atoms with Crippen molar-refractivity contribution in [2.75, 3.05) is 0 Å². The zero-order chi connectivity index (χ0) is 38.3. The van der Waals surface area contributed by atoms with Crippen LogP contribution in [0.2, 0.25) is 0 Å². The molecule has 0 spiro atoms. The van der Waals surface area contributed by atoms with Crippen LogP contribution in [0.15, 0.2) is 58.8 Å². The van der Waals surface area contributed by atoms with Gasteiger partial charge in [0.2, 0.25) is 0 Å². The van der Waals surface area contributed by atoms with Gasteiger partial charge < -0.3 is 14.5 Å². The number of fused-ring (bicyclic) bond motifs is 4. The van der Waals surface area contributed by atoms with Crippen molar-refractivity contribution >= 4 is 38.5 Å². The Balaban J connectivity index is 0.000000335. The van der Waals surface area contributed by atoms with Crippen LogP contribution in [0.4, 0.5) is 0 Å². The number of aliphatic hydroxyl groups is 1. The summed E-state index contributed by atoms with van der Waals surface area (Å²) in [4.78, 5) is 16.8. The van der Waals surface area contributed by atoms with E-state index in [4.69, 9.17) is 9.40 Å². The number of carbonyl (C=O) groups is 1. The molecule has 1 N–H and O–H groups in total. The van der Waals surface area contributed by atoms with Gasteiger partial charge in [0.05, 0.1) is 11.3 Å². The molecule has 1 radical (unpaired) electrons. The minimum atomic E-state index is -0.262. The molecule has 0 saturated carbocycles. The maximum Gasteiger partial charge on any atom is 0.162 e. The number of allylic oxidation sites excluding steroid dienone is 2. The minimum absolute atomic E-state index is 0. The summed E-state index contributed by atoms with van der Waals surface area (Å²) >= 11 is 0. The van der Waals surface area contributed by atoms with Gasteiger partial charge in [-0.3, -0.25) is 4.79 Å². The Morgan fingerprint density at radius 1 is 0.868 bits per heavy atom. The number of furan rings is 1. The van der Waals surface area contributed by atoms with Gasteiger partial charge in [-0.05, 0) is 88.4 Å². The molecule has 3 aromatic carbocycles. The fourth-order valence-corrected chi connectivity index (χ4v) is 8.20. The summed E-state index contributed by atoms with van der Waals surface area (Å²) in [6, 6.07) is 17.3. The fraction of sp³-hybridized carbons (Fsp3) is 0.500. The summed E-state index contributed by atoms with van der Waals surface area (Å²) in [6.45, 7) is 28.7. The molecule has 0 bridgehead atoms. The number of rotatable bonds is 9. The van der Waals surface area contributed by atoms with E-state index < -0.39 is 0 Å². The van der Waals surface area contributed by atoms with Crippen molar-refractivity contribution in [1.82, 2.24) is 4.98 Å². The zero-order valence-corrected chi connectivity index (χ0v) is 37.0. The van der Waals surface area contributed by atoms with E-state index in [0.717, 1.165) is 60.9 Å². The molecule has 53 heavy (non-hydrogen) atoms. The van der Waals surface area contributed by atoms with Gasteiger partial charge in [0.1, 0.15) is 5.58 Å². The first-order chi connectivity index (χ1) is 24.3. The van der Waals surface area contributed by atoms with Crippen molar-refractivity contribution in [2.45, 2.75) is 134 Å². The maximum absolute atomic E-state index is 11.7. The quantitative estimate of drug-likeness (QED) is 0.0910. The van der Waals surface area contributed by atoms with Gasteiger partial charge in [-0.1, -0.05) is 136 Å². The molecule has 0 aliphatic heterocycles. The molecule has 5 heteroatoms. The van der Waals surface area contributed by atoms with Crippen LogP contribution in [-0.2, 0) is 43.2 Å². The Morgan fingerprint density at radius 2 is 1.45 bits per heavy atom. The number of benzene rings is 3. The minimum Gasteiger partial charge on any atom is -0.512 e.